The monoisotopic (exact) mass is 224 g/mol. The van der Waals surface area contributed by atoms with Gasteiger partial charge in [0.2, 0.25) is 0 Å². The summed E-state index contributed by atoms with van der Waals surface area (Å²) in [7, 11) is 0. The van der Waals surface area contributed by atoms with E-state index in [1.165, 1.54) is 16.7 Å². The number of benzene rings is 2. The minimum absolute atomic E-state index is 0.892. The topological polar surface area (TPSA) is 24.7 Å². The summed E-state index contributed by atoms with van der Waals surface area (Å²) < 4.78 is 0. The van der Waals surface area contributed by atoms with Gasteiger partial charge in [-0.15, -0.1) is 0 Å². The Labute approximate surface area is 102 Å². The van der Waals surface area contributed by atoms with Gasteiger partial charge in [-0.25, -0.2) is 0 Å². The summed E-state index contributed by atoms with van der Waals surface area (Å²) in [6.45, 7) is 6.23. The Bertz CT molecular complexity index is 557. The van der Waals surface area contributed by atoms with Crippen molar-refractivity contribution in [3.63, 3.8) is 0 Å². The summed E-state index contributed by atoms with van der Waals surface area (Å²) in [5, 5.41) is 8.48. The lowest BCUT2D eigenvalue weighted by Crippen LogP contribution is -1.77. The van der Waals surface area contributed by atoms with Crippen molar-refractivity contribution in [2.75, 3.05) is 0 Å². The Hall–Kier alpha value is -1.96. The molecular formula is C15H16N2. The Morgan fingerprint density at radius 3 is 2.06 bits per heavy atom. The largest absolute Gasteiger partial charge is 0.151 e. The van der Waals surface area contributed by atoms with Gasteiger partial charge >= 0.3 is 0 Å². The smallest absolute Gasteiger partial charge is 0.0859 e. The van der Waals surface area contributed by atoms with Crippen molar-refractivity contribution in [3.8, 4) is 0 Å². The Kier molecular flexibility index (Phi) is 3.33. The molecule has 0 amide bonds. The second kappa shape index (κ2) is 4.91. The van der Waals surface area contributed by atoms with Crippen LogP contribution < -0.4 is 0 Å². The molecule has 2 aromatic rings. The highest BCUT2D eigenvalue weighted by Crippen LogP contribution is 2.21. The van der Waals surface area contributed by atoms with E-state index in [0.717, 1.165) is 11.4 Å². The van der Waals surface area contributed by atoms with Crippen molar-refractivity contribution in [1.29, 1.82) is 0 Å². The lowest BCUT2D eigenvalue weighted by Gasteiger charge is -1.99. The van der Waals surface area contributed by atoms with E-state index in [-0.39, 0.29) is 0 Å². The van der Waals surface area contributed by atoms with Gasteiger partial charge in [0, 0.05) is 0 Å². The van der Waals surface area contributed by atoms with Crippen LogP contribution in [0.25, 0.3) is 0 Å². The molecule has 0 saturated carbocycles. The van der Waals surface area contributed by atoms with E-state index in [0.29, 0.717) is 0 Å². The molecule has 0 spiro atoms. The molecule has 2 aromatic carbocycles. The van der Waals surface area contributed by atoms with Crippen LogP contribution >= 0.6 is 0 Å². The first-order chi connectivity index (χ1) is 8.15. The summed E-state index contributed by atoms with van der Waals surface area (Å²) in [5.74, 6) is 0. The number of azo groups is 1. The molecule has 2 nitrogen and oxygen atoms in total. The molecule has 2 rings (SSSR count). The molecule has 17 heavy (non-hydrogen) atoms. The van der Waals surface area contributed by atoms with E-state index < -0.39 is 0 Å². The number of hydrogen-bond donors (Lipinski definition) is 0. The molecule has 0 N–H and O–H groups in total. The molecule has 0 saturated heterocycles. The third-order valence-electron chi connectivity index (χ3n) is 2.77. The van der Waals surface area contributed by atoms with E-state index in [4.69, 9.17) is 0 Å². The van der Waals surface area contributed by atoms with E-state index in [2.05, 4.69) is 49.2 Å². The van der Waals surface area contributed by atoms with Crippen LogP contribution in [-0.2, 0) is 0 Å². The molecular weight excluding hydrogens is 208 g/mol. The minimum atomic E-state index is 0.892. The van der Waals surface area contributed by atoms with Gasteiger partial charge in [-0.2, -0.15) is 10.2 Å². The normalized spacial score (nSPS) is 11.0. The molecule has 2 heteroatoms. The molecule has 0 atom stereocenters. The van der Waals surface area contributed by atoms with Crippen LogP contribution in [0.15, 0.2) is 52.7 Å². The maximum absolute atomic E-state index is 4.24. The van der Waals surface area contributed by atoms with Crippen molar-refractivity contribution in [3.05, 3.63) is 59.2 Å². The quantitative estimate of drug-likeness (QED) is 0.639. The van der Waals surface area contributed by atoms with Crippen LogP contribution in [0.4, 0.5) is 11.4 Å². The maximum Gasteiger partial charge on any atom is 0.0859 e. The van der Waals surface area contributed by atoms with Crippen LogP contribution in [-0.4, -0.2) is 0 Å². The molecule has 0 radical (unpaired) electrons. The Balaban J connectivity index is 2.23. The summed E-state index contributed by atoms with van der Waals surface area (Å²) in [5.41, 5.74) is 5.50. The van der Waals surface area contributed by atoms with Crippen molar-refractivity contribution in [2.45, 2.75) is 20.8 Å². The molecule has 0 heterocycles. The molecule has 0 unspecified atom stereocenters. The second-order valence-corrected chi connectivity index (χ2v) is 4.31. The zero-order valence-electron chi connectivity index (χ0n) is 10.4. The number of rotatable bonds is 2. The van der Waals surface area contributed by atoms with Gasteiger partial charge < -0.3 is 0 Å². The highest BCUT2D eigenvalue weighted by atomic mass is 15.1. The second-order valence-electron chi connectivity index (χ2n) is 4.31. The van der Waals surface area contributed by atoms with Crippen molar-refractivity contribution in [2.24, 2.45) is 10.2 Å². The van der Waals surface area contributed by atoms with Crippen LogP contribution in [0, 0.1) is 20.8 Å². The first kappa shape index (κ1) is 11.5. The van der Waals surface area contributed by atoms with Crippen LogP contribution in [0.5, 0.6) is 0 Å². The van der Waals surface area contributed by atoms with Gasteiger partial charge in [0.25, 0.3) is 0 Å². The number of aryl methyl sites for hydroxylation is 3. The van der Waals surface area contributed by atoms with Gasteiger partial charge in [0.05, 0.1) is 11.4 Å². The van der Waals surface area contributed by atoms with E-state index in [1.807, 2.05) is 24.3 Å². The zero-order chi connectivity index (χ0) is 12.3. The van der Waals surface area contributed by atoms with Gasteiger partial charge in [-0.05, 0) is 61.7 Å². The summed E-state index contributed by atoms with van der Waals surface area (Å²) in [6, 6.07) is 14.1. The van der Waals surface area contributed by atoms with Crippen LogP contribution in [0.1, 0.15) is 16.7 Å². The van der Waals surface area contributed by atoms with Gasteiger partial charge in [-0.1, -0.05) is 18.2 Å². The first-order valence-electron chi connectivity index (χ1n) is 5.71. The average molecular weight is 224 g/mol. The standard InChI is InChI=1S/C15H16N2/c1-11-5-4-6-14(9-11)16-17-15-8-7-12(2)13(3)10-15/h4-10H,1-3H3. The molecule has 0 aliphatic heterocycles. The van der Waals surface area contributed by atoms with Crippen molar-refractivity contribution >= 4 is 11.4 Å². The summed E-state index contributed by atoms with van der Waals surface area (Å²) in [6.07, 6.45) is 0. The predicted molar refractivity (Wildman–Crippen MR) is 71.3 cm³/mol. The zero-order valence-corrected chi connectivity index (χ0v) is 10.4. The summed E-state index contributed by atoms with van der Waals surface area (Å²) in [4.78, 5) is 0. The van der Waals surface area contributed by atoms with Crippen LogP contribution in [0.2, 0.25) is 0 Å². The first-order valence-corrected chi connectivity index (χ1v) is 5.71. The fraction of sp³-hybridized carbons (Fsp3) is 0.200. The Morgan fingerprint density at radius 1 is 0.706 bits per heavy atom. The van der Waals surface area contributed by atoms with E-state index in [9.17, 15) is 0 Å². The molecule has 0 bridgehead atoms. The van der Waals surface area contributed by atoms with Gasteiger partial charge in [0.1, 0.15) is 0 Å². The van der Waals surface area contributed by atoms with Crippen molar-refractivity contribution < 1.29 is 0 Å². The van der Waals surface area contributed by atoms with E-state index >= 15 is 0 Å². The number of hydrogen-bond acceptors (Lipinski definition) is 2. The maximum atomic E-state index is 4.24. The predicted octanol–water partition coefficient (Wildman–Crippen LogP) is 5.03. The van der Waals surface area contributed by atoms with Gasteiger partial charge in [0.15, 0.2) is 0 Å². The lowest BCUT2D eigenvalue weighted by molar-refractivity contribution is 1.21. The molecule has 86 valence electrons. The summed E-state index contributed by atoms with van der Waals surface area (Å²) >= 11 is 0. The fourth-order valence-electron chi connectivity index (χ4n) is 1.59. The highest BCUT2D eigenvalue weighted by molar-refractivity contribution is 5.44. The van der Waals surface area contributed by atoms with Gasteiger partial charge in [-0.3, -0.25) is 0 Å². The average Bonchev–Trinajstić information content (AvgIpc) is 2.31. The van der Waals surface area contributed by atoms with Crippen LogP contribution in [0.3, 0.4) is 0 Å². The molecule has 0 aromatic heterocycles. The SMILES string of the molecule is Cc1cccc(N=Nc2ccc(C)c(C)c2)c1. The Morgan fingerprint density at radius 2 is 1.41 bits per heavy atom. The highest BCUT2D eigenvalue weighted by Gasteiger charge is 1.95. The minimum Gasteiger partial charge on any atom is -0.151 e. The third kappa shape index (κ3) is 3.00. The van der Waals surface area contributed by atoms with E-state index in [1.54, 1.807) is 0 Å². The molecule has 0 aliphatic carbocycles. The molecule has 0 aliphatic rings. The number of nitrogens with zero attached hydrogens (tertiary/aromatic N) is 2. The van der Waals surface area contributed by atoms with Crippen molar-refractivity contribution in [1.82, 2.24) is 0 Å². The fourth-order valence-corrected chi connectivity index (χ4v) is 1.59. The third-order valence-corrected chi connectivity index (χ3v) is 2.77. The molecule has 0 fully saturated rings. The lowest BCUT2D eigenvalue weighted by atomic mass is 10.1.